The lowest BCUT2D eigenvalue weighted by molar-refractivity contribution is -0.132. The molecule has 4 nitrogen and oxygen atoms in total. The number of carbonyl (C=O) groups excluding carboxylic acids is 1. The van der Waals surface area contributed by atoms with Gasteiger partial charge < -0.3 is 15.4 Å². The molecule has 0 aromatic heterocycles. The fraction of sp³-hybridized carbons (Fsp3) is 0.429. The average molecular weight is 340 g/mol. The number of rotatable bonds is 9. The van der Waals surface area contributed by atoms with Gasteiger partial charge in [-0.1, -0.05) is 56.7 Å². The highest BCUT2D eigenvalue weighted by Gasteiger charge is 2.18. The number of nitrogens with one attached hydrogen (secondary N) is 1. The Kier molecular flexibility index (Phi) is 7.14. The third-order valence-electron chi connectivity index (χ3n) is 4.44. The van der Waals surface area contributed by atoms with Crippen LogP contribution in [0, 0.1) is 5.41 Å². The topological polar surface area (TPSA) is 64.4 Å². The van der Waals surface area contributed by atoms with Gasteiger partial charge in [-0.05, 0) is 34.7 Å². The molecule has 0 aliphatic rings. The first-order valence-electron chi connectivity index (χ1n) is 9.07. The molecule has 0 aliphatic carbocycles. The maximum Gasteiger partial charge on any atom is 0.227 e. The third-order valence-corrected chi connectivity index (χ3v) is 4.44. The molecule has 2 N–H and O–H groups in total. The predicted octanol–water partition coefficient (Wildman–Crippen LogP) is 3.78. The van der Waals surface area contributed by atoms with Gasteiger partial charge in [-0.15, -0.1) is 0 Å². The fourth-order valence-electron chi connectivity index (χ4n) is 3.21. The Labute approximate surface area is 150 Å². The summed E-state index contributed by atoms with van der Waals surface area (Å²) in [7, 11) is 0. The molecule has 0 saturated carbocycles. The number of hydrogen-bond donors (Lipinski definition) is 2. The van der Waals surface area contributed by atoms with E-state index in [4.69, 9.17) is 5.41 Å². The van der Waals surface area contributed by atoms with Crippen LogP contribution in [0.5, 0.6) is 0 Å². The van der Waals surface area contributed by atoms with Crippen LogP contribution in [-0.4, -0.2) is 41.3 Å². The highest BCUT2D eigenvalue weighted by molar-refractivity contribution is 6.01. The first-order chi connectivity index (χ1) is 12.1. The van der Waals surface area contributed by atoms with Crippen LogP contribution in [0.15, 0.2) is 36.4 Å². The number of carbonyl (C=O) groups is 1. The number of aliphatic hydroxyl groups is 1. The summed E-state index contributed by atoms with van der Waals surface area (Å²) in [4.78, 5) is 14.6. The van der Waals surface area contributed by atoms with Gasteiger partial charge in [0.15, 0.2) is 0 Å². The van der Waals surface area contributed by atoms with E-state index in [0.717, 1.165) is 34.7 Å². The lowest BCUT2D eigenvalue weighted by Gasteiger charge is -2.25. The van der Waals surface area contributed by atoms with E-state index in [1.807, 2.05) is 50.2 Å². The lowest BCUT2D eigenvalue weighted by atomic mass is 9.97. The van der Waals surface area contributed by atoms with Crippen molar-refractivity contribution in [2.24, 2.45) is 0 Å². The maximum atomic E-state index is 12.8. The lowest BCUT2D eigenvalue weighted by Crippen LogP contribution is -2.39. The molecule has 0 fully saturated rings. The molecule has 0 aliphatic heterocycles. The number of nitrogens with zero attached hydrogens (tertiary/aromatic N) is 1. The summed E-state index contributed by atoms with van der Waals surface area (Å²) >= 11 is 0. The van der Waals surface area contributed by atoms with Gasteiger partial charge in [0.05, 0.1) is 12.5 Å². The molecule has 0 radical (unpaired) electrons. The zero-order valence-electron chi connectivity index (χ0n) is 15.2. The van der Waals surface area contributed by atoms with E-state index in [1.54, 1.807) is 4.90 Å². The SMILES string of the molecule is CCCC(O)CN(CCC)C(=O)Cc1ccc(C=N)c2ccccc12. The van der Waals surface area contributed by atoms with Crippen molar-refractivity contribution >= 4 is 22.9 Å². The monoisotopic (exact) mass is 340 g/mol. The molecule has 2 aromatic carbocycles. The minimum Gasteiger partial charge on any atom is -0.391 e. The van der Waals surface area contributed by atoms with Crippen molar-refractivity contribution in [3.8, 4) is 0 Å². The summed E-state index contributed by atoms with van der Waals surface area (Å²) in [5.41, 5.74) is 1.83. The van der Waals surface area contributed by atoms with Crippen LogP contribution in [0.1, 0.15) is 44.2 Å². The predicted molar refractivity (Wildman–Crippen MR) is 103 cm³/mol. The van der Waals surface area contributed by atoms with Crippen molar-refractivity contribution in [1.82, 2.24) is 4.90 Å². The molecule has 2 aromatic rings. The van der Waals surface area contributed by atoms with Crippen molar-refractivity contribution < 1.29 is 9.90 Å². The van der Waals surface area contributed by atoms with Crippen molar-refractivity contribution in [1.29, 1.82) is 5.41 Å². The van der Waals surface area contributed by atoms with Gasteiger partial charge in [0, 0.05) is 19.3 Å². The Hall–Kier alpha value is -2.20. The second-order valence-electron chi connectivity index (χ2n) is 6.46. The minimum absolute atomic E-state index is 0.0461. The van der Waals surface area contributed by atoms with E-state index in [0.29, 0.717) is 25.9 Å². The first kappa shape index (κ1) is 19.1. The molecule has 4 heteroatoms. The molecule has 1 amide bonds. The van der Waals surface area contributed by atoms with Crippen molar-refractivity contribution in [3.63, 3.8) is 0 Å². The number of fused-ring (bicyclic) bond motifs is 1. The van der Waals surface area contributed by atoms with Gasteiger partial charge in [-0.2, -0.15) is 0 Å². The standard InChI is InChI=1S/C21H28N2O2/c1-3-7-18(24)15-23(12-4-2)21(25)13-16-10-11-17(14-22)20-9-6-5-8-19(16)20/h5-6,8-11,14,18,22,24H,3-4,7,12-13,15H2,1-2H3. The van der Waals surface area contributed by atoms with Gasteiger partial charge in [0.25, 0.3) is 0 Å². The number of hydrogen-bond acceptors (Lipinski definition) is 3. The molecular weight excluding hydrogens is 312 g/mol. The third kappa shape index (κ3) is 4.89. The maximum absolute atomic E-state index is 12.8. The Morgan fingerprint density at radius 2 is 1.88 bits per heavy atom. The van der Waals surface area contributed by atoms with E-state index in [1.165, 1.54) is 6.21 Å². The van der Waals surface area contributed by atoms with Crippen molar-refractivity contribution in [2.45, 2.75) is 45.6 Å². The van der Waals surface area contributed by atoms with E-state index in [9.17, 15) is 9.90 Å². The summed E-state index contributed by atoms with van der Waals surface area (Å²) in [5.74, 6) is 0.0461. The van der Waals surface area contributed by atoms with Crippen LogP contribution in [0.25, 0.3) is 10.8 Å². The van der Waals surface area contributed by atoms with Crippen molar-refractivity contribution in [2.75, 3.05) is 13.1 Å². The van der Waals surface area contributed by atoms with E-state index in [2.05, 4.69) is 0 Å². The smallest absolute Gasteiger partial charge is 0.227 e. The van der Waals surface area contributed by atoms with Gasteiger partial charge in [-0.25, -0.2) is 0 Å². The molecule has 25 heavy (non-hydrogen) atoms. The minimum atomic E-state index is -0.461. The van der Waals surface area contributed by atoms with Gasteiger partial charge in [0.1, 0.15) is 0 Å². The van der Waals surface area contributed by atoms with Crippen LogP contribution < -0.4 is 0 Å². The molecule has 0 spiro atoms. The zero-order valence-corrected chi connectivity index (χ0v) is 15.2. The molecule has 0 bridgehead atoms. The van der Waals surface area contributed by atoms with Gasteiger partial charge >= 0.3 is 0 Å². The Morgan fingerprint density at radius 1 is 1.16 bits per heavy atom. The summed E-state index contributed by atoms with van der Waals surface area (Å²) < 4.78 is 0. The van der Waals surface area contributed by atoms with Crippen LogP contribution >= 0.6 is 0 Å². The molecule has 1 unspecified atom stereocenters. The molecule has 0 heterocycles. The van der Waals surface area contributed by atoms with Gasteiger partial charge in [-0.3, -0.25) is 4.79 Å². The second-order valence-corrected chi connectivity index (χ2v) is 6.46. The molecule has 134 valence electrons. The largest absolute Gasteiger partial charge is 0.391 e. The molecular formula is C21H28N2O2. The Balaban J connectivity index is 2.23. The normalized spacial score (nSPS) is 12.1. The van der Waals surface area contributed by atoms with Crippen LogP contribution in [0.4, 0.5) is 0 Å². The number of amides is 1. The molecule has 0 saturated heterocycles. The molecule has 2 rings (SSSR count). The highest BCUT2D eigenvalue weighted by atomic mass is 16.3. The fourth-order valence-corrected chi connectivity index (χ4v) is 3.21. The first-order valence-corrected chi connectivity index (χ1v) is 9.07. The van der Waals surface area contributed by atoms with Crippen LogP contribution in [0.3, 0.4) is 0 Å². The van der Waals surface area contributed by atoms with E-state index in [-0.39, 0.29) is 5.91 Å². The summed E-state index contributed by atoms with van der Waals surface area (Å²) in [5, 5.41) is 19.6. The quantitative estimate of drug-likeness (QED) is 0.682. The van der Waals surface area contributed by atoms with Crippen LogP contribution in [-0.2, 0) is 11.2 Å². The Morgan fingerprint density at radius 3 is 2.52 bits per heavy atom. The van der Waals surface area contributed by atoms with E-state index < -0.39 is 6.10 Å². The van der Waals surface area contributed by atoms with Crippen molar-refractivity contribution in [3.05, 3.63) is 47.5 Å². The Bertz CT molecular complexity index is 727. The number of aliphatic hydroxyl groups excluding tert-OH is 1. The van der Waals surface area contributed by atoms with Crippen LogP contribution in [0.2, 0.25) is 0 Å². The summed E-state index contributed by atoms with van der Waals surface area (Å²) in [6, 6.07) is 11.7. The number of benzene rings is 2. The second kappa shape index (κ2) is 9.33. The molecule has 1 atom stereocenters. The zero-order chi connectivity index (χ0) is 18.2. The average Bonchev–Trinajstić information content (AvgIpc) is 2.62. The van der Waals surface area contributed by atoms with Gasteiger partial charge in [0.2, 0.25) is 5.91 Å². The summed E-state index contributed by atoms with van der Waals surface area (Å²) in [6.07, 6.45) is 3.70. The summed E-state index contributed by atoms with van der Waals surface area (Å²) in [6.45, 7) is 5.14. The van der Waals surface area contributed by atoms with E-state index >= 15 is 0 Å². The highest BCUT2D eigenvalue weighted by Crippen LogP contribution is 2.23.